The first-order valence-electron chi connectivity index (χ1n) is 13.5. The van der Waals surface area contributed by atoms with E-state index in [1.165, 1.54) is 30.9 Å². The second-order valence-electron chi connectivity index (χ2n) is 10.2. The number of pyridine rings is 1. The zero-order chi connectivity index (χ0) is 28.9. The standard InChI is InChI=1S/C31H23N2O.C5H8O2.Ir/c1-20(2)23-13-14-26-24(17-23)15-16-32-29(26)25-18-27(21-9-5-3-6-10-21)30-28(19-25)34-31(33-30)22-11-7-4-8-12-22;1-4(6)3-5(2)7;/h3-18,20H,1-2H3;3,6H,1-2H3;/q-1;;/b;4-3-;. The van der Waals surface area contributed by atoms with Crippen molar-refractivity contribution in [2.75, 3.05) is 0 Å². The Labute approximate surface area is 259 Å². The number of carbonyl (C=O) groups excluding carboxylic acids is 1. The van der Waals surface area contributed by atoms with E-state index in [0.717, 1.165) is 38.9 Å². The Hall–Kier alpha value is -4.38. The fourth-order valence-electron chi connectivity index (χ4n) is 4.69. The molecule has 2 heterocycles. The second-order valence-corrected chi connectivity index (χ2v) is 10.2. The van der Waals surface area contributed by atoms with Crippen LogP contribution in [0.25, 0.3) is 55.7 Å². The molecule has 1 N–H and O–H groups in total. The predicted molar refractivity (Wildman–Crippen MR) is 166 cm³/mol. The van der Waals surface area contributed by atoms with Crippen molar-refractivity contribution in [3.8, 4) is 33.8 Å². The van der Waals surface area contributed by atoms with Crippen LogP contribution in [0, 0.1) is 6.07 Å². The van der Waals surface area contributed by atoms with E-state index in [0.29, 0.717) is 17.4 Å². The van der Waals surface area contributed by atoms with Crippen molar-refractivity contribution in [1.29, 1.82) is 0 Å². The first kappa shape index (κ1) is 30.6. The van der Waals surface area contributed by atoms with Gasteiger partial charge < -0.3 is 14.5 Å². The summed E-state index contributed by atoms with van der Waals surface area (Å²) in [5.41, 5.74) is 7.57. The van der Waals surface area contributed by atoms with E-state index in [-0.39, 0.29) is 31.6 Å². The van der Waals surface area contributed by atoms with Crippen LogP contribution in [0.5, 0.6) is 0 Å². The van der Waals surface area contributed by atoms with E-state index in [4.69, 9.17) is 19.5 Å². The Morgan fingerprint density at radius 3 is 2.17 bits per heavy atom. The van der Waals surface area contributed by atoms with Gasteiger partial charge in [-0.1, -0.05) is 92.2 Å². The average molecular weight is 732 g/mol. The molecule has 0 aliphatic heterocycles. The number of ketones is 1. The summed E-state index contributed by atoms with van der Waals surface area (Å²) in [6, 6.07) is 34.6. The van der Waals surface area contributed by atoms with Crippen LogP contribution in [-0.4, -0.2) is 20.9 Å². The normalized spacial score (nSPS) is 11.2. The number of aliphatic hydroxyl groups excluding tert-OH is 1. The van der Waals surface area contributed by atoms with Gasteiger partial charge in [0.05, 0.1) is 11.3 Å². The quantitative estimate of drug-likeness (QED) is 0.109. The van der Waals surface area contributed by atoms with E-state index >= 15 is 0 Å². The molecular weight excluding hydrogens is 701 g/mol. The maximum atomic E-state index is 10.0. The third-order valence-electron chi connectivity index (χ3n) is 6.65. The number of hydrogen-bond donors (Lipinski definition) is 1. The van der Waals surface area contributed by atoms with Crippen molar-refractivity contribution in [2.45, 2.75) is 33.6 Å². The Balaban J connectivity index is 0.000000454. The minimum absolute atomic E-state index is 0. The number of aliphatic hydroxyl groups is 1. The van der Waals surface area contributed by atoms with E-state index < -0.39 is 0 Å². The van der Waals surface area contributed by atoms with Gasteiger partial charge in [-0.2, -0.15) is 0 Å². The molecule has 0 unspecified atom stereocenters. The number of allylic oxidation sites excluding steroid dienone is 2. The fraction of sp³-hybridized carbons (Fsp3) is 0.139. The predicted octanol–water partition coefficient (Wildman–Crippen LogP) is 9.34. The van der Waals surface area contributed by atoms with Crippen LogP contribution in [0.4, 0.5) is 0 Å². The molecule has 0 spiro atoms. The van der Waals surface area contributed by atoms with Crippen molar-refractivity contribution in [3.05, 3.63) is 121 Å². The summed E-state index contributed by atoms with van der Waals surface area (Å²) < 4.78 is 6.25. The van der Waals surface area contributed by atoms with Gasteiger partial charge in [-0.3, -0.25) is 9.78 Å². The summed E-state index contributed by atoms with van der Waals surface area (Å²) in [4.78, 5) is 19.7. The summed E-state index contributed by atoms with van der Waals surface area (Å²) >= 11 is 0. The number of hydrogen-bond acceptors (Lipinski definition) is 5. The minimum atomic E-state index is -0.125. The summed E-state index contributed by atoms with van der Waals surface area (Å²) in [6.45, 7) is 7.28. The van der Waals surface area contributed by atoms with Crippen molar-refractivity contribution >= 4 is 27.7 Å². The van der Waals surface area contributed by atoms with Gasteiger partial charge in [0, 0.05) is 43.5 Å². The molecule has 1 radical (unpaired) electrons. The van der Waals surface area contributed by atoms with Crippen LogP contribution >= 0.6 is 0 Å². The topological polar surface area (TPSA) is 76.2 Å². The zero-order valence-corrected chi connectivity index (χ0v) is 26.3. The first-order valence-corrected chi connectivity index (χ1v) is 13.5. The van der Waals surface area contributed by atoms with Gasteiger partial charge in [0.2, 0.25) is 5.89 Å². The molecular formula is C36H31IrN2O3-. The Morgan fingerprint density at radius 1 is 0.905 bits per heavy atom. The van der Waals surface area contributed by atoms with Crippen LogP contribution in [-0.2, 0) is 24.9 Å². The Morgan fingerprint density at radius 2 is 1.57 bits per heavy atom. The molecule has 5 nitrogen and oxygen atoms in total. The molecule has 0 bridgehead atoms. The van der Waals surface area contributed by atoms with Gasteiger partial charge in [-0.25, -0.2) is 0 Å². The molecule has 0 atom stereocenters. The average Bonchev–Trinajstić information content (AvgIpc) is 3.41. The number of nitrogens with zero attached hydrogens (tertiary/aromatic N) is 2. The third-order valence-corrected chi connectivity index (χ3v) is 6.65. The number of benzene rings is 4. The van der Waals surface area contributed by atoms with Crippen LogP contribution in [0.15, 0.2) is 113 Å². The minimum Gasteiger partial charge on any atom is -0.512 e. The molecule has 213 valence electrons. The van der Waals surface area contributed by atoms with Gasteiger partial charge in [0.15, 0.2) is 5.78 Å². The van der Waals surface area contributed by atoms with Crippen molar-refractivity contribution < 1.29 is 34.4 Å². The third kappa shape index (κ3) is 6.91. The molecule has 2 aromatic heterocycles. The number of fused-ring (bicyclic) bond motifs is 2. The zero-order valence-electron chi connectivity index (χ0n) is 23.9. The maximum absolute atomic E-state index is 10.0. The molecule has 6 heteroatoms. The number of aromatic nitrogens is 2. The smallest absolute Gasteiger partial charge is 0.215 e. The summed E-state index contributed by atoms with van der Waals surface area (Å²) in [5, 5.41) is 10.6. The van der Waals surface area contributed by atoms with Gasteiger partial charge in [0.25, 0.3) is 0 Å². The largest absolute Gasteiger partial charge is 0.512 e. The molecule has 0 fully saturated rings. The maximum Gasteiger partial charge on any atom is 0.215 e. The molecule has 0 amide bonds. The van der Waals surface area contributed by atoms with E-state index in [1.54, 1.807) is 0 Å². The fourth-order valence-corrected chi connectivity index (χ4v) is 4.69. The number of oxazole rings is 1. The van der Waals surface area contributed by atoms with Crippen molar-refractivity contribution in [1.82, 2.24) is 9.97 Å². The van der Waals surface area contributed by atoms with Crippen molar-refractivity contribution in [2.24, 2.45) is 0 Å². The Kier molecular flexibility index (Phi) is 9.84. The van der Waals surface area contributed by atoms with Crippen LogP contribution in [0.3, 0.4) is 0 Å². The van der Waals surface area contributed by atoms with Crippen molar-refractivity contribution in [3.63, 3.8) is 0 Å². The van der Waals surface area contributed by atoms with E-state index in [1.807, 2.05) is 54.7 Å². The van der Waals surface area contributed by atoms with Crippen LogP contribution in [0.2, 0.25) is 0 Å². The van der Waals surface area contributed by atoms with Crippen LogP contribution in [0.1, 0.15) is 39.2 Å². The molecule has 6 aromatic rings. The van der Waals surface area contributed by atoms with Crippen LogP contribution < -0.4 is 0 Å². The molecule has 6 rings (SSSR count). The van der Waals surface area contributed by atoms with Gasteiger partial charge in [-0.15, -0.1) is 11.6 Å². The molecule has 0 saturated carbocycles. The molecule has 4 aromatic carbocycles. The number of carbonyl (C=O) groups is 1. The molecule has 42 heavy (non-hydrogen) atoms. The summed E-state index contributed by atoms with van der Waals surface area (Å²) in [7, 11) is 0. The SMILES string of the molecule is CC(=O)/C=C(/C)O.CC(C)c1ccc2c(-c3[c-]c4oc(-c5ccccc5)nc4c(-c4ccccc4)c3)nccc2c1.[Ir]. The summed E-state index contributed by atoms with van der Waals surface area (Å²) in [5.74, 6) is 1.00. The molecule has 0 saturated heterocycles. The van der Waals surface area contributed by atoms with E-state index in [2.05, 4.69) is 62.4 Å². The first-order chi connectivity index (χ1) is 19.8. The number of rotatable bonds is 5. The monoisotopic (exact) mass is 732 g/mol. The molecule has 0 aliphatic rings. The van der Waals surface area contributed by atoms with E-state index in [9.17, 15) is 4.79 Å². The van der Waals surface area contributed by atoms with Gasteiger partial charge in [0.1, 0.15) is 0 Å². The van der Waals surface area contributed by atoms with Gasteiger partial charge in [-0.05, 0) is 65.6 Å². The Bertz CT molecular complexity index is 1860. The molecule has 0 aliphatic carbocycles. The summed E-state index contributed by atoms with van der Waals surface area (Å²) in [6.07, 6.45) is 3.04. The van der Waals surface area contributed by atoms with Gasteiger partial charge >= 0.3 is 0 Å². The second kappa shape index (κ2) is 13.5.